The van der Waals surface area contributed by atoms with E-state index in [9.17, 15) is 14.7 Å². The molecule has 6 N–H and O–H groups in total. The summed E-state index contributed by atoms with van der Waals surface area (Å²) in [5, 5.41) is 12.2. The summed E-state index contributed by atoms with van der Waals surface area (Å²) in [5.74, 6) is -3.09. The van der Waals surface area contributed by atoms with Crippen LogP contribution in [0.3, 0.4) is 0 Å². The lowest BCUT2D eigenvalue weighted by Gasteiger charge is -2.33. The first-order valence-electron chi connectivity index (χ1n) is 22.6. The number of hydrogen-bond acceptors (Lipinski definition) is 12. The number of fused-ring (bicyclic) bond motifs is 2. The Labute approximate surface area is 403 Å². The smallest absolute Gasteiger partial charge is 0.260 e. The standard InChI is InChI=1S/C48H58Cl2F2N10O6/c1-22(2)67-41-30(19-32(49)37(51)35(41)47(64)58-26(6)28(8)63)25(5)46-59-34(40-44(54)56-15-18-62(40)46)13-12-23(3)68-42-31(24(4)45-57-27(7)39-43(53)55-14-17-61(39)45)20-33(50)38(52)36(42)48(65)60-16-10-11-29(21-60)66-9/h14-15,17-20,22-26,28-29,63H,10-13,16,21H2,1-9H3,(H2,53,55)(H2,54,56)(H,58,64). The molecule has 0 spiro atoms. The first-order chi connectivity index (χ1) is 32.2. The van der Waals surface area contributed by atoms with Crippen LogP contribution in [0.1, 0.15) is 134 Å². The quantitative estimate of drug-likeness (QED) is 0.0726. The Morgan fingerprint density at radius 1 is 0.868 bits per heavy atom. The molecule has 6 aromatic rings. The van der Waals surface area contributed by atoms with Crippen LogP contribution in [0, 0.1) is 18.6 Å². The highest BCUT2D eigenvalue weighted by atomic mass is 35.5. The second-order valence-electron chi connectivity index (χ2n) is 17.8. The van der Waals surface area contributed by atoms with Crippen molar-refractivity contribution < 1.29 is 37.7 Å². The third kappa shape index (κ3) is 9.73. The van der Waals surface area contributed by atoms with Crippen LogP contribution in [-0.4, -0.2) is 101 Å². The van der Waals surface area contributed by atoms with Crippen molar-refractivity contribution in [1.82, 2.24) is 39.0 Å². The molecule has 4 aromatic heterocycles. The van der Waals surface area contributed by atoms with Crippen LogP contribution in [0.4, 0.5) is 20.4 Å². The summed E-state index contributed by atoms with van der Waals surface area (Å²) in [6, 6.07) is 2.17. The van der Waals surface area contributed by atoms with Crippen LogP contribution >= 0.6 is 23.2 Å². The molecular weight excluding hydrogens is 921 g/mol. The van der Waals surface area contributed by atoms with Crippen molar-refractivity contribution >= 4 is 57.7 Å². The van der Waals surface area contributed by atoms with E-state index in [2.05, 4.69) is 15.3 Å². The Morgan fingerprint density at radius 2 is 1.43 bits per heavy atom. The van der Waals surface area contributed by atoms with Crippen LogP contribution in [-0.2, 0) is 11.2 Å². The van der Waals surface area contributed by atoms with Gasteiger partial charge in [0, 0.05) is 67.9 Å². The van der Waals surface area contributed by atoms with Gasteiger partial charge in [-0.2, -0.15) is 0 Å². The van der Waals surface area contributed by atoms with Crippen molar-refractivity contribution in [3.63, 3.8) is 0 Å². The molecule has 2 amide bonds. The van der Waals surface area contributed by atoms with Crippen LogP contribution in [0.2, 0.25) is 10.0 Å². The topological polar surface area (TPSA) is 210 Å². The molecule has 0 radical (unpaired) electrons. The molecule has 1 fully saturated rings. The van der Waals surface area contributed by atoms with Crippen molar-refractivity contribution in [2.45, 2.75) is 123 Å². The van der Waals surface area contributed by atoms with Crippen molar-refractivity contribution in [2.75, 3.05) is 31.7 Å². The van der Waals surface area contributed by atoms with E-state index in [-0.39, 0.29) is 57.8 Å². The fourth-order valence-electron chi connectivity index (χ4n) is 8.75. The van der Waals surface area contributed by atoms with Gasteiger partial charge < -0.3 is 41.0 Å². The average molecular weight is 980 g/mol. The summed E-state index contributed by atoms with van der Waals surface area (Å²) in [5.41, 5.74) is 15.2. The number of aliphatic hydroxyl groups is 1. The monoisotopic (exact) mass is 978 g/mol. The maximum absolute atomic E-state index is 16.6. The zero-order chi connectivity index (χ0) is 49.5. The number of likely N-dealkylation sites (tertiary alicyclic amines) is 1. The van der Waals surface area contributed by atoms with Gasteiger partial charge in [0.25, 0.3) is 11.8 Å². The number of benzene rings is 2. The van der Waals surface area contributed by atoms with Gasteiger partial charge in [0.2, 0.25) is 0 Å². The first kappa shape index (κ1) is 50.1. The number of aliphatic hydroxyl groups excluding tert-OH is 1. The number of ether oxygens (including phenoxy) is 3. The molecule has 16 nitrogen and oxygen atoms in total. The zero-order valence-electron chi connectivity index (χ0n) is 39.5. The second kappa shape index (κ2) is 20.4. The molecule has 1 aliphatic heterocycles. The average Bonchev–Trinajstić information content (AvgIpc) is 3.85. The van der Waals surface area contributed by atoms with Gasteiger partial charge in [-0.3, -0.25) is 18.4 Å². The second-order valence-corrected chi connectivity index (χ2v) is 18.6. The largest absolute Gasteiger partial charge is 0.490 e. The lowest BCUT2D eigenvalue weighted by atomic mass is 9.94. The van der Waals surface area contributed by atoms with Gasteiger partial charge in [0.1, 0.15) is 56.9 Å². The normalized spacial score (nSPS) is 16.5. The van der Waals surface area contributed by atoms with E-state index >= 15 is 8.78 Å². The molecule has 68 heavy (non-hydrogen) atoms. The highest BCUT2D eigenvalue weighted by Crippen LogP contribution is 2.43. The lowest BCUT2D eigenvalue weighted by Crippen LogP contribution is -2.43. The number of halogens is 4. The minimum absolute atomic E-state index is 0.0200. The number of rotatable bonds is 16. The lowest BCUT2D eigenvalue weighted by molar-refractivity contribution is 0.0263. The van der Waals surface area contributed by atoms with E-state index in [1.165, 1.54) is 25.3 Å². The number of hydrogen-bond donors (Lipinski definition) is 4. The predicted molar refractivity (Wildman–Crippen MR) is 256 cm³/mol. The molecule has 0 aliphatic carbocycles. The fourth-order valence-corrected chi connectivity index (χ4v) is 9.18. The molecular formula is C48H58Cl2F2N10O6. The summed E-state index contributed by atoms with van der Waals surface area (Å²) in [4.78, 5) is 48.3. The van der Waals surface area contributed by atoms with Crippen LogP contribution < -0.4 is 26.3 Å². The zero-order valence-corrected chi connectivity index (χ0v) is 41.0. The van der Waals surface area contributed by atoms with E-state index < -0.39 is 65.2 Å². The number of piperidine rings is 1. The third-order valence-electron chi connectivity index (χ3n) is 12.6. The van der Waals surface area contributed by atoms with Crippen LogP contribution in [0.5, 0.6) is 11.5 Å². The number of methoxy groups -OCH3 is 1. The summed E-state index contributed by atoms with van der Waals surface area (Å²) in [6.45, 7) is 14.6. The first-order valence-corrected chi connectivity index (χ1v) is 23.4. The Bertz CT molecular complexity index is 2870. The number of aromatic nitrogens is 6. The molecule has 20 heteroatoms. The molecule has 0 bridgehead atoms. The van der Waals surface area contributed by atoms with Crippen LogP contribution in [0.15, 0.2) is 36.9 Å². The molecule has 1 saturated heterocycles. The minimum Gasteiger partial charge on any atom is -0.490 e. The molecule has 364 valence electrons. The number of aryl methyl sites for hydroxylation is 2. The minimum atomic E-state index is -0.974. The van der Waals surface area contributed by atoms with Crippen molar-refractivity contribution in [3.05, 3.63) is 104 Å². The predicted octanol–water partition coefficient (Wildman–Crippen LogP) is 8.07. The summed E-state index contributed by atoms with van der Waals surface area (Å²) in [6.07, 6.45) is 6.19. The van der Waals surface area contributed by atoms with E-state index in [0.29, 0.717) is 64.6 Å². The van der Waals surface area contributed by atoms with Gasteiger partial charge in [0.15, 0.2) is 11.6 Å². The van der Waals surface area contributed by atoms with Gasteiger partial charge in [-0.25, -0.2) is 28.7 Å². The number of nitrogens with two attached hydrogens (primary N) is 2. The summed E-state index contributed by atoms with van der Waals surface area (Å²) >= 11 is 13.2. The van der Waals surface area contributed by atoms with E-state index in [4.69, 9.17) is 58.8 Å². The Morgan fingerprint density at radius 3 is 2.01 bits per heavy atom. The van der Waals surface area contributed by atoms with Gasteiger partial charge in [0.05, 0.1) is 51.9 Å². The number of nitrogen functional groups attached to an aromatic ring is 2. The maximum Gasteiger partial charge on any atom is 0.260 e. The SMILES string of the molecule is COC1CCCN(C(=O)c2c(F)c(Cl)cc(C(C)c3nc(C)c4c(N)nccn34)c2OC(C)CCc2nc(C(C)c3cc(Cl)c(F)c(C(=O)NC(C)C(C)O)c3OC(C)C)n3ccnc(N)c23)C1. The number of nitrogens with one attached hydrogen (secondary N) is 1. The molecule has 6 atom stereocenters. The number of nitrogens with zero attached hydrogens (tertiary/aromatic N) is 7. The van der Waals surface area contributed by atoms with E-state index in [1.54, 1.807) is 55.8 Å². The van der Waals surface area contributed by atoms with Gasteiger partial charge in [-0.1, -0.05) is 37.0 Å². The highest BCUT2D eigenvalue weighted by Gasteiger charge is 2.35. The van der Waals surface area contributed by atoms with Crippen molar-refractivity contribution in [1.29, 1.82) is 0 Å². The van der Waals surface area contributed by atoms with Crippen molar-refractivity contribution in [2.24, 2.45) is 0 Å². The van der Waals surface area contributed by atoms with Gasteiger partial charge >= 0.3 is 0 Å². The summed E-state index contributed by atoms with van der Waals surface area (Å²) in [7, 11) is 1.58. The molecule has 6 unspecified atom stereocenters. The Balaban J connectivity index is 1.27. The fraction of sp³-hybridized carbons (Fsp3) is 0.458. The summed E-state index contributed by atoms with van der Waals surface area (Å²) < 4.78 is 54.6. The van der Waals surface area contributed by atoms with Crippen molar-refractivity contribution in [3.8, 4) is 11.5 Å². The molecule has 7 rings (SSSR count). The van der Waals surface area contributed by atoms with Crippen LogP contribution in [0.25, 0.3) is 11.0 Å². The maximum atomic E-state index is 16.6. The molecule has 0 saturated carbocycles. The molecule has 2 aromatic carbocycles. The molecule has 1 aliphatic rings. The highest BCUT2D eigenvalue weighted by molar-refractivity contribution is 6.31. The van der Waals surface area contributed by atoms with E-state index in [1.807, 2.05) is 32.1 Å². The Hall–Kier alpha value is -5.82. The number of carbonyl (C=O) groups is 2. The Kier molecular flexibility index (Phi) is 15.0. The third-order valence-corrected chi connectivity index (χ3v) is 13.1. The molecule has 5 heterocycles. The van der Waals surface area contributed by atoms with Gasteiger partial charge in [-0.15, -0.1) is 0 Å². The number of imidazole rings is 2. The van der Waals surface area contributed by atoms with Gasteiger partial charge in [-0.05, 0) is 79.4 Å². The number of carbonyl (C=O) groups excluding carboxylic acids is 2. The number of amides is 2. The van der Waals surface area contributed by atoms with E-state index in [0.717, 1.165) is 6.42 Å². The number of anilines is 2.